The molecule has 4 rings (SSSR count). The molecule has 3 aromatic carbocycles. The second kappa shape index (κ2) is 11.8. The monoisotopic (exact) mass is 562 g/mol. The zero-order valence-electron chi connectivity index (χ0n) is 20.3. The van der Waals surface area contributed by atoms with Crippen molar-refractivity contribution >= 4 is 39.0 Å². The number of sulfone groups is 1. The Bertz CT molecular complexity index is 1380. The first-order valence-electron chi connectivity index (χ1n) is 11.8. The van der Waals surface area contributed by atoms with Crippen LogP contribution in [0.3, 0.4) is 0 Å². The molecular formula is C27H28Cl2N2O5S. The molecule has 0 bridgehead atoms. The van der Waals surface area contributed by atoms with Crippen molar-refractivity contribution in [3.05, 3.63) is 93.0 Å². The number of carboxylic acids is 1. The van der Waals surface area contributed by atoms with Gasteiger partial charge in [0.25, 0.3) is 0 Å². The van der Waals surface area contributed by atoms with E-state index < -0.39 is 21.2 Å². The van der Waals surface area contributed by atoms with Crippen molar-refractivity contribution < 1.29 is 23.1 Å². The second-order valence-corrected chi connectivity index (χ2v) is 12.0. The van der Waals surface area contributed by atoms with Crippen molar-refractivity contribution in [2.75, 3.05) is 19.6 Å². The molecule has 1 fully saturated rings. The summed E-state index contributed by atoms with van der Waals surface area (Å²) in [4.78, 5) is 13.5. The van der Waals surface area contributed by atoms with Crippen LogP contribution >= 0.6 is 23.2 Å². The van der Waals surface area contributed by atoms with Gasteiger partial charge in [-0.3, -0.25) is 9.69 Å². The van der Waals surface area contributed by atoms with Crippen molar-refractivity contribution in [1.29, 1.82) is 0 Å². The van der Waals surface area contributed by atoms with E-state index in [2.05, 4.69) is 5.32 Å². The minimum Gasteiger partial charge on any atom is -0.489 e. The fourth-order valence-corrected chi connectivity index (χ4v) is 6.34. The van der Waals surface area contributed by atoms with Gasteiger partial charge in [-0.1, -0.05) is 59.1 Å². The standard InChI is InChI=1S/C27H28Cl2N2O5S/c1-18-2-6-22(7-3-18)37(34,35)26-15-30-10-11-31(26)16-21-12-19(14-27(32)33)5-9-25(21)36-17-20-4-8-23(28)24(29)13-20/h2-9,12-13,26,30H,10-11,14-17H2,1H3,(H,32,33). The number of rotatable bonds is 9. The zero-order valence-corrected chi connectivity index (χ0v) is 22.6. The van der Waals surface area contributed by atoms with E-state index >= 15 is 0 Å². The summed E-state index contributed by atoms with van der Waals surface area (Å²) in [6.07, 6.45) is -0.146. The molecule has 7 nitrogen and oxygen atoms in total. The van der Waals surface area contributed by atoms with Gasteiger partial charge in [-0.25, -0.2) is 8.42 Å². The number of hydrogen-bond donors (Lipinski definition) is 2. The van der Waals surface area contributed by atoms with Crippen LogP contribution in [0.2, 0.25) is 10.0 Å². The molecule has 0 saturated carbocycles. The molecule has 0 spiro atoms. The van der Waals surface area contributed by atoms with Crippen LogP contribution in [0.5, 0.6) is 5.75 Å². The normalized spacial score (nSPS) is 16.5. The summed E-state index contributed by atoms with van der Waals surface area (Å²) in [5.74, 6) is -0.400. The third-order valence-electron chi connectivity index (χ3n) is 6.24. The number of benzene rings is 3. The Balaban J connectivity index is 1.62. The maximum absolute atomic E-state index is 13.6. The Morgan fingerprint density at radius 2 is 1.78 bits per heavy atom. The third-order valence-corrected chi connectivity index (χ3v) is 9.09. The number of piperazine rings is 1. The SMILES string of the molecule is Cc1ccc(S(=O)(=O)C2CNCCN2Cc2cc(CC(=O)O)ccc2OCc2ccc(Cl)c(Cl)c2)cc1. The van der Waals surface area contributed by atoms with E-state index in [1.807, 2.05) is 17.9 Å². The van der Waals surface area contributed by atoms with Crippen LogP contribution < -0.4 is 10.1 Å². The quantitative estimate of drug-likeness (QED) is 0.389. The minimum absolute atomic E-state index is 0.146. The summed E-state index contributed by atoms with van der Waals surface area (Å²) in [6.45, 7) is 3.83. The van der Waals surface area contributed by atoms with E-state index in [-0.39, 0.29) is 31.0 Å². The molecule has 1 aliphatic rings. The van der Waals surface area contributed by atoms with Crippen LogP contribution in [0.4, 0.5) is 0 Å². The van der Waals surface area contributed by atoms with E-state index in [1.54, 1.807) is 54.6 Å². The lowest BCUT2D eigenvalue weighted by Crippen LogP contribution is -2.54. The van der Waals surface area contributed by atoms with Gasteiger partial charge >= 0.3 is 5.97 Å². The lowest BCUT2D eigenvalue weighted by molar-refractivity contribution is -0.136. The van der Waals surface area contributed by atoms with Gasteiger partial charge in [0.2, 0.25) is 0 Å². The van der Waals surface area contributed by atoms with Crippen molar-refractivity contribution in [3.63, 3.8) is 0 Å². The van der Waals surface area contributed by atoms with E-state index in [0.717, 1.165) is 11.1 Å². The summed E-state index contributed by atoms with van der Waals surface area (Å²) < 4.78 is 33.2. The number of halogens is 2. The molecule has 3 aromatic rings. The Morgan fingerprint density at radius 1 is 1.05 bits per heavy atom. The average Bonchev–Trinajstić information content (AvgIpc) is 2.86. The predicted molar refractivity (Wildman–Crippen MR) is 144 cm³/mol. The molecule has 1 aliphatic heterocycles. The van der Waals surface area contributed by atoms with E-state index in [4.69, 9.17) is 27.9 Å². The summed E-state index contributed by atoms with van der Waals surface area (Å²) in [5.41, 5.74) is 3.12. The van der Waals surface area contributed by atoms with E-state index in [1.165, 1.54) is 0 Å². The Labute approximate surface area is 226 Å². The maximum atomic E-state index is 13.6. The molecule has 1 unspecified atom stereocenters. The number of aliphatic carboxylic acids is 1. The molecule has 0 amide bonds. The zero-order chi connectivity index (χ0) is 26.6. The lowest BCUT2D eigenvalue weighted by atomic mass is 10.1. The average molecular weight is 564 g/mol. The molecule has 196 valence electrons. The van der Waals surface area contributed by atoms with E-state index in [9.17, 15) is 18.3 Å². The molecule has 0 aromatic heterocycles. The number of aryl methyl sites for hydroxylation is 1. The van der Waals surface area contributed by atoms with Gasteiger partial charge in [0.15, 0.2) is 9.84 Å². The number of hydrogen-bond acceptors (Lipinski definition) is 6. The van der Waals surface area contributed by atoms with Gasteiger partial charge in [0, 0.05) is 31.7 Å². The van der Waals surface area contributed by atoms with Gasteiger partial charge in [-0.2, -0.15) is 0 Å². The summed E-state index contributed by atoms with van der Waals surface area (Å²) in [5, 5.41) is 12.6. The molecule has 10 heteroatoms. The highest BCUT2D eigenvalue weighted by Gasteiger charge is 2.35. The van der Waals surface area contributed by atoms with Crippen molar-refractivity contribution in [3.8, 4) is 5.75 Å². The first-order chi connectivity index (χ1) is 17.6. The highest BCUT2D eigenvalue weighted by molar-refractivity contribution is 7.92. The van der Waals surface area contributed by atoms with E-state index in [0.29, 0.717) is 40.0 Å². The Hall–Kier alpha value is -2.62. The van der Waals surface area contributed by atoms with Crippen molar-refractivity contribution in [2.24, 2.45) is 0 Å². The Kier molecular flexibility index (Phi) is 8.77. The smallest absolute Gasteiger partial charge is 0.307 e. The summed E-state index contributed by atoms with van der Waals surface area (Å²) in [6, 6.07) is 17.3. The molecule has 1 atom stereocenters. The van der Waals surface area contributed by atoms with Gasteiger partial charge in [-0.05, 0) is 48.4 Å². The maximum Gasteiger partial charge on any atom is 0.307 e. The molecular weight excluding hydrogens is 535 g/mol. The van der Waals surface area contributed by atoms with Crippen LogP contribution in [0.25, 0.3) is 0 Å². The van der Waals surface area contributed by atoms with Gasteiger partial charge < -0.3 is 15.2 Å². The van der Waals surface area contributed by atoms with Gasteiger partial charge in [0.05, 0.1) is 21.4 Å². The topological polar surface area (TPSA) is 95.9 Å². The predicted octanol–water partition coefficient (Wildman–Crippen LogP) is 4.71. The number of ether oxygens (including phenoxy) is 1. The largest absolute Gasteiger partial charge is 0.489 e. The number of nitrogens with zero attached hydrogens (tertiary/aromatic N) is 1. The van der Waals surface area contributed by atoms with Crippen LogP contribution in [-0.2, 0) is 34.2 Å². The van der Waals surface area contributed by atoms with Crippen LogP contribution in [-0.4, -0.2) is 49.4 Å². The van der Waals surface area contributed by atoms with Crippen molar-refractivity contribution in [1.82, 2.24) is 10.2 Å². The summed E-state index contributed by atoms with van der Waals surface area (Å²) in [7, 11) is -3.65. The molecule has 0 radical (unpaired) electrons. The highest BCUT2D eigenvalue weighted by atomic mass is 35.5. The molecule has 37 heavy (non-hydrogen) atoms. The van der Waals surface area contributed by atoms with Gasteiger partial charge in [0.1, 0.15) is 17.7 Å². The first-order valence-corrected chi connectivity index (χ1v) is 14.1. The Morgan fingerprint density at radius 3 is 2.49 bits per heavy atom. The molecule has 2 N–H and O–H groups in total. The third kappa shape index (κ3) is 6.83. The molecule has 1 saturated heterocycles. The summed E-state index contributed by atoms with van der Waals surface area (Å²) >= 11 is 12.1. The fraction of sp³-hybridized carbons (Fsp3) is 0.296. The number of carbonyl (C=O) groups is 1. The fourth-order valence-electron chi connectivity index (χ4n) is 4.28. The van der Waals surface area contributed by atoms with Crippen molar-refractivity contribution in [2.45, 2.75) is 36.8 Å². The van der Waals surface area contributed by atoms with Crippen LogP contribution in [0, 0.1) is 6.92 Å². The molecule has 0 aliphatic carbocycles. The highest BCUT2D eigenvalue weighted by Crippen LogP contribution is 2.29. The van der Waals surface area contributed by atoms with Crippen LogP contribution in [0.1, 0.15) is 22.3 Å². The van der Waals surface area contributed by atoms with Gasteiger partial charge in [-0.15, -0.1) is 0 Å². The number of carboxylic acid groups (broad SMARTS) is 1. The van der Waals surface area contributed by atoms with Crippen LogP contribution in [0.15, 0.2) is 65.6 Å². The molecule has 1 heterocycles. The first kappa shape index (κ1) is 27.4. The minimum atomic E-state index is -3.65. The lowest BCUT2D eigenvalue weighted by Gasteiger charge is -2.36. The second-order valence-electron chi connectivity index (χ2n) is 9.04. The number of nitrogens with one attached hydrogen (secondary N) is 1.